The molecule has 98 valence electrons. The lowest BCUT2D eigenvalue weighted by Crippen LogP contribution is -1.95. The van der Waals surface area contributed by atoms with Gasteiger partial charge in [-0.25, -0.2) is 4.39 Å². The maximum atomic E-state index is 13.2. The molecular formula is C15H9FN2OS. The number of rotatable bonds is 1. The van der Waals surface area contributed by atoms with Crippen molar-refractivity contribution >= 4 is 32.5 Å². The summed E-state index contributed by atoms with van der Waals surface area (Å²) in [7, 11) is 0. The first-order valence-corrected chi connectivity index (χ1v) is 6.92. The third-order valence-electron chi connectivity index (χ3n) is 3.43. The van der Waals surface area contributed by atoms with Crippen LogP contribution in [0.5, 0.6) is 0 Å². The number of fused-ring (bicyclic) bond motifs is 2. The zero-order valence-corrected chi connectivity index (χ0v) is 11.1. The largest absolute Gasteiger partial charge is 0.360 e. The summed E-state index contributed by atoms with van der Waals surface area (Å²) in [6, 6.07) is 10.4. The summed E-state index contributed by atoms with van der Waals surface area (Å²) in [4.78, 5) is 14.6. The van der Waals surface area contributed by atoms with Gasteiger partial charge in [0.1, 0.15) is 5.82 Å². The molecule has 0 aliphatic heterocycles. The second kappa shape index (κ2) is 4.05. The highest BCUT2D eigenvalue weighted by Crippen LogP contribution is 2.31. The first kappa shape index (κ1) is 11.4. The summed E-state index contributed by atoms with van der Waals surface area (Å²) < 4.78 is 16.8. The van der Waals surface area contributed by atoms with Crippen LogP contribution in [0.1, 0.15) is 0 Å². The Hall–Kier alpha value is -2.40. The Morgan fingerprint density at radius 3 is 2.80 bits per heavy atom. The van der Waals surface area contributed by atoms with Gasteiger partial charge in [0, 0.05) is 22.7 Å². The van der Waals surface area contributed by atoms with Gasteiger partial charge in [0.05, 0.1) is 10.1 Å². The van der Waals surface area contributed by atoms with Crippen molar-refractivity contribution in [1.82, 2.24) is 9.36 Å². The van der Waals surface area contributed by atoms with Crippen molar-refractivity contribution in [3.05, 3.63) is 58.8 Å². The zero-order chi connectivity index (χ0) is 13.7. The van der Waals surface area contributed by atoms with Gasteiger partial charge in [0.2, 0.25) is 0 Å². The van der Waals surface area contributed by atoms with E-state index in [0.717, 1.165) is 26.7 Å². The molecule has 0 saturated carbocycles. The zero-order valence-electron chi connectivity index (χ0n) is 10.2. The van der Waals surface area contributed by atoms with Crippen LogP contribution in [-0.2, 0) is 0 Å². The number of nitrogens with one attached hydrogen (secondary N) is 2. The van der Waals surface area contributed by atoms with E-state index in [0.29, 0.717) is 5.39 Å². The lowest BCUT2D eigenvalue weighted by atomic mass is 10.0. The van der Waals surface area contributed by atoms with E-state index < -0.39 is 0 Å². The van der Waals surface area contributed by atoms with E-state index in [1.807, 2.05) is 24.4 Å². The smallest absolute Gasteiger partial charge is 0.265 e. The van der Waals surface area contributed by atoms with E-state index in [2.05, 4.69) is 9.36 Å². The van der Waals surface area contributed by atoms with Crippen molar-refractivity contribution < 1.29 is 4.39 Å². The van der Waals surface area contributed by atoms with Gasteiger partial charge < -0.3 is 4.98 Å². The van der Waals surface area contributed by atoms with Crippen molar-refractivity contribution in [3.63, 3.8) is 0 Å². The standard InChI is InChI=1S/C15H9FN2OS/c16-9-2-4-10-12(7-17-13(10)6-9)8-1-3-11-14(5-8)20-18-15(11)19/h1-7,17H,(H,18,19). The fourth-order valence-corrected chi connectivity index (χ4v) is 3.22. The molecule has 2 heterocycles. The molecule has 3 nitrogen and oxygen atoms in total. The summed E-state index contributed by atoms with van der Waals surface area (Å²) in [5.41, 5.74) is 2.72. The molecule has 0 fully saturated rings. The van der Waals surface area contributed by atoms with Gasteiger partial charge in [-0.3, -0.25) is 9.17 Å². The Labute approximate surface area is 116 Å². The van der Waals surface area contributed by atoms with Gasteiger partial charge in [-0.05, 0) is 35.9 Å². The highest BCUT2D eigenvalue weighted by atomic mass is 32.1. The predicted molar refractivity (Wildman–Crippen MR) is 79.7 cm³/mol. The van der Waals surface area contributed by atoms with Crippen molar-refractivity contribution in [2.75, 3.05) is 0 Å². The van der Waals surface area contributed by atoms with Crippen LogP contribution in [0, 0.1) is 5.82 Å². The Balaban J connectivity index is 1.98. The van der Waals surface area contributed by atoms with Gasteiger partial charge in [-0.15, -0.1) is 0 Å². The number of halogens is 1. The lowest BCUT2D eigenvalue weighted by molar-refractivity contribution is 0.629. The van der Waals surface area contributed by atoms with Crippen molar-refractivity contribution in [2.24, 2.45) is 0 Å². The summed E-state index contributed by atoms with van der Waals surface area (Å²) >= 11 is 1.33. The van der Waals surface area contributed by atoms with E-state index in [-0.39, 0.29) is 11.4 Å². The molecule has 2 aromatic carbocycles. The molecule has 2 aromatic heterocycles. The monoisotopic (exact) mass is 284 g/mol. The molecule has 0 unspecified atom stereocenters. The van der Waals surface area contributed by atoms with E-state index in [1.54, 1.807) is 6.07 Å². The molecule has 0 spiro atoms. The fraction of sp³-hybridized carbons (Fsp3) is 0. The van der Waals surface area contributed by atoms with Crippen LogP contribution in [-0.4, -0.2) is 9.36 Å². The average Bonchev–Trinajstić information content (AvgIpc) is 3.02. The molecule has 2 N–H and O–H groups in total. The highest BCUT2D eigenvalue weighted by Gasteiger charge is 2.09. The van der Waals surface area contributed by atoms with E-state index >= 15 is 0 Å². The minimum atomic E-state index is -0.259. The third-order valence-corrected chi connectivity index (χ3v) is 4.28. The molecule has 0 radical (unpaired) electrons. The predicted octanol–water partition coefficient (Wildman–Crippen LogP) is 3.88. The number of benzene rings is 2. The van der Waals surface area contributed by atoms with Gasteiger partial charge >= 0.3 is 0 Å². The number of H-pyrrole nitrogens is 2. The second-order valence-corrected chi connectivity index (χ2v) is 5.48. The van der Waals surface area contributed by atoms with Crippen LogP contribution in [0.3, 0.4) is 0 Å². The maximum Gasteiger partial charge on any atom is 0.265 e. The SMILES string of the molecule is O=c1[nH]sc2cc(-c3c[nH]c4cc(F)ccc34)ccc12. The first-order valence-electron chi connectivity index (χ1n) is 6.10. The molecule has 4 aromatic rings. The molecule has 0 aliphatic carbocycles. The molecule has 0 atom stereocenters. The van der Waals surface area contributed by atoms with Crippen LogP contribution in [0.4, 0.5) is 4.39 Å². The summed E-state index contributed by atoms with van der Waals surface area (Å²) in [6.07, 6.45) is 1.86. The van der Waals surface area contributed by atoms with Crippen LogP contribution < -0.4 is 5.56 Å². The highest BCUT2D eigenvalue weighted by molar-refractivity contribution is 7.13. The van der Waals surface area contributed by atoms with Crippen molar-refractivity contribution in [2.45, 2.75) is 0 Å². The third kappa shape index (κ3) is 1.60. The summed E-state index contributed by atoms with van der Waals surface area (Å²) in [6.45, 7) is 0. The molecule has 0 amide bonds. The number of aromatic nitrogens is 2. The molecule has 0 saturated heterocycles. The van der Waals surface area contributed by atoms with Crippen LogP contribution in [0.25, 0.3) is 32.1 Å². The Kier molecular flexibility index (Phi) is 2.31. The number of hydrogen-bond donors (Lipinski definition) is 2. The molecule has 0 aliphatic rings. The normalized spacial score (nSPS) is 11.4. The van der Waals surface area contributed by atoms with Gasteiger partial charge in [0.25, 0.3) is 5.56 Å². The minimum Gasteiger partial charge on any atom is -0.360 e. The molecule has 4 rings (SSSR count). The number of hydrogen-bond acceptors (Lipinski definition) is 2. The topological polar surface area (TPSA) is 48.6 Å². The minimum absolute atomic E-state index is 0.0578. The van der Waals surface area contributed by atoms with E-state index in [4.69, 9.17) is 0 Å². The van der Waals surface area contributed by atoms with Crippen LogP contribution in [0.2, 0.25) is 0 Å². The van der Waals surface area contributed by atoms with Crippen LogP contribution in [0.15, 0.2) is 47.4 Å². The number of aromatic amines is 2. The Bertz CT molecular complexity index is 996. The maximum absolute atomic E-state index is 13.2. The van der Waals surface area contributed by atoms with Crippen molar-refractivity contribution in [1.29, 1.82) is 0 Å². The lowest BCUT2D eigenvalue weighted by Gasteiger charge is -1.99. The van der Waals surface area contributed by atoms with Crippen molar-refractivity contribution in [3.8, 4) is 11.1 Å². The van der Waals surface area contributed by atoms with Gasteiger partial charge in [0.15, 0.2) is 0 Å². The van der Waals surface area contributed by atoms with Gasteiger partial charge in [-0.1, -0.05) is 17.6 Å². The van der Waals surface area contributed by atoms with Crippen LogP contribution >= 0.6 is 11.5 Å². The summed E-state index contributed by atoms with van der Waals surface area (Å²) in [5, 5.41) is 1.67. The van der Waals surface area contributed by atoms with E-state index in [1.165, 1.54) is 23.7 Å². The van der Waals surface area contributed by atoms with E-state index in [9.17, 15) is 9.18 Å². The second-order valence-electron chi connectivity index (χ2n) is 4.64. The molecule has 5 heteroatoms. The summed E-state index contributed by atoms with van der Waals surface area (Å²) in [5.74, 6) is -0.259. The Morgan fingerprint density at radius 2 is 1.90 bits per heavy atom. The molecule has 0 bridgehead atoms. The molecular weight excluding hydrogens is 275 g/mol. The quantitative estimate of drug-likeness (QED) is 0.547. The fourth-order valence-electron chi connectivity index (χ4n) is 2.46. The van der Waals surface area contributed by atoms with Gasteiger partial charge in [-0.2, -0.15) is 0 Å². The average molecular weight is 284 g/mol. The first-order chi connectivity index (χ1) is 9.72. The Morgan fingerprint density at radius 1 is 1.05 bits per heavy atom. The molecule has 20 heavy (non-hydrogen) atoms.